The van der Waals surface area contributed by atoms with Crippen LogP contribution in [0.3, 0.4) is 0 Å². The molecule has 4 rings (SSSR count). The van der Waals surface area contributed by atoms with Gasteiger partial charge in [-0.15, -0.1) is 0 Å². The monoisotopic (exact) mass is 382 g/mol. The number of aromatic nitrogens is 2. The second kappa shape index (κ2) is 7.56. The Bertz CT molecular complexity index is 1300. The Morgan fingerprint density at radius 1 is 1.00 bits per heavy atom. The first-order chi connectivity index (χ1) is 14.0. The molecule has 0 radical (unpaired) electrons. The van der Waals surface area contributed by atoms with Gasteiger partial charge in [0.25, 0.3) is 5.56 Å². The number of carbonyl (C=O) groups is 1. The van der Waals surface area contributed by atoms with Crippen LogP contribution in [0.2, 0.25) is 0 Å². The van der Waals surface area contributed by atoms with E-state index in [9.17, 15) is 14.7 Å². The molecule has 0 saturated carbocycles. The molecule has 3 aromatic carbocycles. The Hall–Kier alpha value is -3.99. The second-order valence-electron chi connectivity index (χ2n) is 6.66. The lowest BCUT2D eigenvalue weighted by molar-refractivity contribution is 0.104. The van der Waals surface area contributed by atoms with E-state index >= 15 is 0 Å². The van der Waals surface area contributed by atoms with Crippen molar-refractivity contribution in [1.29, 1.82) is 0 Å². The summed E-state index contributed by atoms with van der Waals surface area (Å²) < 4.78 is 1.54. The molecule has 0 aliphatic carbocycles. The number of phenolic OH excluding ortho intramolecular Hbond substituents is 1. The lowest BCUT2D eigenvalue weighted by Gasteiger charge is -2.11. The fourth-order valence-electron chi connectivity index (χ4n) is 3.22. The van der Waals surface area contributed by atoms with E-state index in [1.54, 1.807) is 72.2 Å². The number of para-hydroxylation sites is 1. The smallest absolute Gasteiger partial charge is 0.265 e. The summed E-state index contributed by atoms with van der Waals surface area (Å²) in [6.07, 6.45) is 3.11. The molecule has 0 aliphatic heterocycles. The maximum atomic E-state index is 12.9. The van der Waals surface area contributed by atoms with Gasteiger partial charge in [-0.1, -0.05) is 30.3 Å². The number of rotatable bonds is 4. The molecule has 1 N–H and O–H groups in total. The molecule has 1 aromatic heterocycles. The predicted molar refractivity (Wildman–Crippen MR) is 114 cm³/mol. The molecule has 0 bridgehead atoms. The zero-order valence-electron chi connectivity index (χ0n) is 15.7. The Morgan fingerprint density at radius 3 is 2.52 bits per heavy atom. The number of carbonyl (C=O) groups excluding carboxylic acids is 1. The summed E-state index contributed by atoms with van der Waals surface area (Å²) in [6.45, 7) is 1.78. The summed E-state index contributed by atoms with van der Waals surface area (Å²) in [5.41, 5.74) is 2.41. The van der Waals surface area contributed by atoms with Gasteiger partial charge in [-0.05, 0) is 67.1 Å². The van der Waals surface area contributed by atoms with Crippen LogP contribution in [0.5, 0.6) is 5.75 Å². The minimum Gasteiger partial charge on any atom is -0.508 e. The number of ketones is 1. The first-order valence-electron chi connectivity index (χ1n) is 9.13. The largest absolute Gasteiger partial charge is 0.508 e. The number of aromatic hydroxyl groups is 1. The molecule has 0 atom stereocenters. The predicted octanol–water partition coefficient (Wildman–Crippen LogP) is 4.30. The zero-order chi connectivity index (χ0) is 20.4. The molecule has 4 aromatic rings. The highest BCUT2D eigenvalue weighted by molar-refractivity contribution is 6.06. The van der Waals surface area contributed by atoms with E-state index in [4.69, 9.17) is 0 Å². The van der Waals surface area contributed by atoms with Gasteiger partial charge in [-0.3, -0.25) is 14.2 Å². The van der Waals surface area contributed by atoms with Gasteiger partial charge in [0.15, 0.2) is 5.78 Å². The minimum atomic E-state index is -0.166. The summed E-state index contributed by atoms with van der Waals surface area (Å²) in [5, 5.41) is 10.0. The third-order valence-electron chi connectivity index (χ3n) is 4.65. The maximum absolute atomic E-state index is 12.9. The maximum Gasteiger partial charge on any atom is 0.265 e. The number of hydrogen-bond donors (Lipinski definition) is 1. The van der Waals surface area contributed by atoms with Crippen molar-refractivity contribution in [3.63, 3.8) is 0 Å². The van der Waals surface area contributed by atoms with Crippen molar-refractivity contribution >= 4 is 22.8 Å². The molecule has 0 fully saturated rings. The van der Waals surface area contributed by atoms with Gasteiger partial charge in [-0.2, -0.15) is 0 Å². The Kier molecular flexibility index (Phi) is 4.79. The van der Waals surface area contributed by atoms with E-state index in [0.717, 1.165) is 5.56 Å². The van der Waals surface area contributed by atoms with E-state index < -0.39 is 0 Å². The average Bonchev–Trinajstić information content (AvgIpc) is 2.72. The number of allylic oxidation sites excluding steroid dienone is 1. The lowest BCUT2D eigenvalue weighted by atomic mass is 10.1. The highest BCUT2D eigenvalue weighted by Crippen LogP contribution is 2.15. The number of hydrogen-bond acceptors (Lipinski definition) is 4. The highest BCUT2D eigenvalue weighted by atomic mass is 16.3. The summed E-state index contributed by atoms with van der Waals surface area (Å²) >= 11 is 0. The summed E-state index contributed by atoms with van der Waals surface area (Å²) in [4.78, 5) is 29.8. The summed E-state index contributed by atoms with van der Waals surface area (Å²) in [7, 11) is 0. The normalized spacial score (nSPS) is 11.2. The van der Waals surface area contributed by atoms with Crippen molar-refractivity contribution < 1.29 is 9.90 Å². The number of fused-ring (bicyclic) bond motifs is 1. The molecule has 0 unspecified atom stereocenters. The fourth-order valence-corrected chi connectivity index (χ4v) is 3.22. The summed E-state index contributed by atoms with van der Waals surface area (Å²) in [5.74, 6) is 0.561. The molecule has 0 amide bonds. The average molecular weight is 382 g/mol. The topological polar surface area (TPSA) is 72.2 Å². The van der Waals surface area contributed by atoms with Crippen LogP contribution in [-0.2, 0) is 0 Å². The van der Waals surface area contributed by atoms with Crippen LogP contribution >= 0.6 is 0 Å². The Labute approximate surface area is 167 Å². The third kappa shape index (κ3) is 3.71. The third-order valence-corrected chi connectivity index (χ3v) is 4.65. The molecular weight excluding hydrogens is 364 g/mol. The fraction of sp³-hybridized carbons (Fsp3) is 0.0417. The molecule has 0 saturated heterocycles. The quantitative estimate of drug-likeness (QED) is 0.422. The number of phenols is 1. The molecule has 1 heterocycles. The van der Waals surface area contributed by atoms with E-state index in [1.807, 2.05) is 18.2 Å². The van der Waals surface area contributed by atoms with E-state index in [1.165, 1.54) is 6.08 Å². The molecule has 0 spiro atoms. The Balaban J connectivity index is 1.64. The summed E-state index contributed by atoms with van der Waals surface area (Å²) in [6, 6.07) is 20.7. The first-order valence-corrected chi connectivity index (χ1v) is 9.13. The van der Waals surface area contributed by atoms with Crippen molar-refractivity contribution in [1.82, 2.24) is 9.55 Å². The van der Waals surface area contributed by atoms with Crippen molar-refractivity contribution in [2.45, 2.75) is 6.92 Å². The van der Waals surface area contributed by atoms with Crippen LogP contribution in [-0.4, -0.2) is 20.4 Å². The van der Waals surface area contributed by atoms with Crippen molar-refractivity contribution in [3.05, 3.63) is 106 Å². The van der Waals surface area contributed by atoms with Crippen LogP contribution in [0.25, 0.3) is 22.7 Å². The number of nitrogens with zero attached hydrogens (tertiary/aromatic N) is 2. The lowest BCUT2D eigenvalue weighted by Crippen LogP contribution is -2.22. The molecule has 5 heteroatoms. The van der Waals surface area contributed by atoms with Crippen LogP contribution in [0.1, 0.15) is 21.7 Å². The second-order valence-corrected chi connectivity index (χ2v) is 6.66. The van der Waals surface area contributed by atoms with Crippen molar-refractivity contribution in [2.24, 2.45) is 0 Å². The molecule has 5 nitrogen and oxygen atoms in total. The van der Waals surface area contributed by atoms with Gasteiger partial charge in [-0.25, -0.2) is 4.98 Å². The van der Waals surface area contributed by atoms with Gasteiger partial charge in [0.05, 0.1) is 16.6 Å². The van der Waals surface area contributed by atoms with Gasteiger partial charge in [0, 0.05) is 5.56 Å². The SMILES string of the molecule is Cc1nc2ccccc2c(=O)n1-c1ccc(C(=O)C=Cc2cccc(O)c2)cc1. The molecule has 142 valence electrons. The van der Waals surface area contributed by atoms with E-state index in [0.29, 0.717) is 28.0 Å². The molecule has 0 aliphatic rings. The standard InChI is InChI=1S/C24H18N2O3/c1-16-25-22-8-3-2-7-21(22)24(29)26(16)19-12-10-18(11-13-19)23(28)14-9-17-5-4-6-20(27)15-17/h2-15,27H,1H3. The number of aryl methyl sites for hydroxylation is 1. The first kappa shape index (κ1) is 18.4. The van der Waals surface area contributed by atoms with Crippen LogP contribution in [0.15, 0.2) is 83.7 Å². The van der Waals surface area contributed by atoms with Gasteiger partial charge in [0.2, 0.25) is 0 Å². The van der Waals surface area contributed by atoms with E-state index in [2.05, 4.69) is 4.98 Å². The number of benzene rings is 3. The Morgan fingerprint density at radius 2 is 1.76 bits per heavy atom. The van der Waals surface area contributed by atoms with Gasteiger partial charge >= 0.3 is 0 Å². The van der Waals surface area contributed by atoms with Gasteiger partial charge < -0.3 is 5.11 Å². The minimum absolute atomic E-state index is 0.143. The van der Waals surface area contributed by atoms with Crippen LogP contribution in [0.4, 0.5) is 0 Å². The highest BCUT2D eigenvalue weighted by Gasteiger charge is 2.10. The molecular formula is C24H18N2O3. The van der Waals surface area contributed by atoms with E-state index in [-0.39, 0.29) is 17.1 Å². The molecule has 29 heavy (non-hydrogen) atoms. The van der Waals surface area contributed by atoms with Crippen LogP contribution < -0.4 is 5.56 Å². The van der Waals surface area contributed by atoms with Crippen molar-refractivity contribution in [2.75, 3.05) is 0 Å². The van der Waals surface area contributed by atoms with Crippen molar-refractivity contribution in [3.8, 4) is 11.4 Å². The van der Waals surface area contributed by atoms with Gasteiger partial charge in [0.1, 0.15) is 11.6 Å². The zero-order valence-corrected chi connectivity index (χ0v) is 15.7. The van der Waals surface area contributed by atoms with Crippen LogP contribution in [0, 0.1) is 6.92 Å².